The molecule has 0 bridgehead atoms. The number of esters is 1. The summed E-state index contributed by atoms with van der Waals surface area (Å²) in [6, 6.07) is 0. The monoisotopic (exact) mass is 520 g/mol. The minimum absolute atomic E-state index is 0.0632. The molecule has 0 amide bonds. The van der Waals surface area contributed by atoms with E-state index in [1.165, 1.54) is 128 Å². The van der Waals surface area contributed by atoms with Crippen molar-refractivity contribution in [2.24, 2.45) is 5.92 Å². The fraction of sp³-hybridized carbons (Fsp3) is 0.818. The van der Waals surface area contributed by atoms with Crippen LogP contribution in [-0.4, -0.2) is 23.7 Å². The van der Waals surface area contributed by atoms with Crippen LogP contribution in [0, 0.1) is 5.92 Å². The highest BCUT2D eigenvalue weighted by Gasteiger charge is 2.21. The molecule has 0 saturated heterocycles. The van der Waals surface area contributed by atoms with E-state index in [1.807, 2.05) is 0 Å². The Bertz CT molecular complexity index is 555. The number of allylic oxidation sites excluding steroid dienone is 2. The van der Waals surface area contributed by atoms with Crippen LogP contribution in [0.4, 0.5) is 0 Å². The summed E-state index contributed by atoms with van der Waals surface area (Å²) >= 11 is 0. The number of hydrogen-bond acceptors (Lipinski definition) is 3. The standard InChI is InChI=1S/C33H60O4/c1-3-5-6-7-8-9-10-11-12-13-14-15-16-17-18-19-20-21-22-23-24-25-26-27-28-31(33(35)36)30-32(34)37-29-4-2/h4,24-25,31H,2-3,5-23,26-30H2,1H3,(H,35,36)/b25-24+. The molecule has 0 aromatic rings. The van der Waals surface area contributed by atoms with E-state index in [4.69, 9.17) is 4.74 Å². The lowest BCUT2D eigenvalue weighted by Gasteiger charge is -2.10. The van der Waals surface area contributed by atoms with Crippen LogP contribution in [0.3, 0.4) is 0 Å². The molecule has 0 saturated carbocycles. The van der Waals surface area contributed by atoms with Gasteiger partial charge in [0, 0.05) is 0 Å². The summed E-state index contributed by atoms with van der Waals surface area (Å²) in [7, 11) is 0. The average Bonchev–Trinajstić information content (AvgIpc) is 2.89. The average molecular weight is 521 g/mol. The number of rotatable bonds is 29. The molecule has 0 spiro atoms. The van der Waals surface area contributed by atoms with Gasteiger partial charge in [0.05, 0.1) is 12.3 Å². The molecule has 0 aromatic heterocycles. The van der Waals surface area contributed by atoms with Crippen molar-refractivity contribution in [3.8, 4) is 0 Å². The van der Waals surface area contributed by atoms with Crippen molar-refractivity contribution in [3.63, 3.8) is 0 Å². The normalized spacial score (nSPS) is 12.1. The van der Waals surface area contributed by atoms with Crippen LogP contribution in [0.1, 0.15) is 161 Å². The van der Waals surface area contributed by atoms with Gasteiger partial charge < -0.3 is 9.84 Å². The number of carboxylic acid groups (broad SMARTS) is 1. The summed E-state index contributed by atoms with van der Waals surface area (Å²) in [4.78, 5) is 22.9. The minimum atomic E-state index is -0.923. The molecule has 0 aliphatic rings. The van der Waals surface area contributed by atoms with Gasteiger partial charge in [-0.1, -0.05) is 147 Å². The van der Waals surface area contributed by atoms with Gasteiger partial charge in [0.1, 0.15) is 6.61 Å². The van der Waals surface area contributed by atoms with Gasteiger partial charge in [-0.3, -0.25) is 9.59 Å². The van der Waals surface area contributed by atoms with E-state index in [0.717, 1.165) is 19.3 Å². The van der Waals surface area contributed by atoms with E-state index >= 15 is 0 Å². The van der Waals surface area contributed by atoms with Crippen molar-refractivity contribution >= 4 is 11.9 Å². The molecule has 4 nitrogen and oxygen atoms in total. The quantitative estimate of drug-likeness (QED) is 0.0605. The third-order valence-electron chi connectivity index (χ3n) is 7.19. The maximum atomic E-state index is 11.6. The second kappa shape index (κ2) is 29.0. The van der Waals surface area contributed by atoms with Gasteiger partial charge >= 0.3 is 11.9 Å². The van der Waals surface area contributed by atoms with Gasteiger partial charge in [-0.15, -0.1) is 0 Å². The third-order valence-corrected chi connectivity index (χ3v) is 7.19. The molecule has 0 aromatic carbocycles. The topological polar surface area (TPSA) is 63.6 Å². The Balaban J connectivity index is 3.37. The highest BCUT2D eigenvalue weighted by molar-refractivity contribution is 5.78. The molecule has 0 heterocycles. The number of carbonyl (C=O) groups is 2. The molecule has 0 aliphatic heterocycles. The number of carbonyl (C=O) groups excluding carboxylic acids is 1. The summed E-state index contributed by atoms with van der Waals surface area (Å²) in [5.41, 5.74) is 0. The summed E-state index contributed by atoms with van der Waals surface area (Å²) in [6.07, 6.45) is 35.7. The van der Waals surface area contributed by atoms with Crippen molar-refractivity contribution in [2.45, 2.75) is 161 Å². The summed E-state index contributed by atoms with van der Waals surface area (Å²) in [5, 5.41) is 9.28. The van der Waals surface area contributed by atoms with E-state index in [-0.39, 0.29) is 13.0 Å². The largest absolute Gasteiger partial charge is 0.481 e. The Labute approximate surface area is 229 Å². The predicted molar refractivity (Wildman–Crippen MR) is 158 cm³/mol. The minimum Gasteiger partial charge on any atom is -0.481 e. The zero-order valence-corrected chi connectivity index (χ0v) is 24.4. The zero-order chi connectivity index (χ0) is 27.2. The lowest BCUT2D eigenvalue weighted by Crippen LogP contribution is -2.19. The lowest BCUT2D eigenvalue weighted by atomic mass is 9.98. The third kappa shape index (κ3) is 27.3. The summed E-state index contributed by atoms with van der Waals surface area (Å²) in [5.74, 6) is -2.05. The van der Waals surface area contributed by atoms with E-state index in [2.05, 4.69) is 25.7 Å². The molecule has 37 heavy (non-hydrogen) atoms. The highest BCUT2D eigenvalue weighted by Crippen LogP contribution is 2.16. The second-order valence-corrected chi connectivity index (χ2v) is 10.8. The molecular weight excluding hydrogens is 460 g/mol. The Morgan fingerprint density at radius 2 is 1.08 bits per heavy atom. The van der Waals surface area contributed by atoms with Gasteiger partial charge in [0.15, 0.2) is 0 Å². The zero-order valence-electron chi connectivity index (χ0n) is 24.4. The Morgan fingerprint density at radius 3 is 1.49 bits per heavy atom. The molecular formula is C33H60O4. The highest BCUT2D eigenvalue weighted by atomic mass is 16.5. The van der Waals surface area contributed by atoms with E-state index < -0.39 is 17.9 Å². The van der Waals surface area contributed by atoms with Crippen LogP contribution in [0.5, 0.6) is 0 Å². The Morgan fingerprint density at radius 1 is 0.676 bits per heavy atom. The number of hydrogen-bond donors (Lipinski definition) is 1. The Hall–Kier alpha value is -1.58. The molecule has 1 unspecified atom stereocenters. The SMILES string of the molecule is C=CCOC(=O)CC(CCC/C=C/CCCCCCCCCCCCCCCCCCCCC)C(=O)O. The van der Waals surface area contributed by atoms with E-state index in [0.29, 0.717) is 6.42 Å². The molecule has 0 radical (unpaired) electrons. The van der Waals surface area contributed by atoms with Crippen molar-refractivity contribution in [1.82, 2.24) is 0 Å². The van der Waals surface area contributed by atoms with Crippen molar-refractivity contribution in [3.05, 3.63) is 24.8 Å². The maximum Gasteiger partial charge on any atom is 0.307 e. The van der Waals surface area contributed by atoms with Gasteiger partial charge in [0.25, 0.3) is 0 Å². The van der Waals surface area contributed by atoms with Crippen molar-refractivity contribution in [1.29, 1.82) is 0 Å². The van der Waals surface area contributed by atoms with Crippen molar-refractivity contribution < 1.29 is 19.4 Å². The predicted octanol–water partition coefficient (Wildman–Crippen LogP) is 10.4. The smallest absolute Gasteiger partial charge is 0.307 e. The summed E-state index contributed by atoms with van der Waals surface area (Å²) in [6.45, 7) is 5.90. The number of carboxylic acids is 1. The van der Waals surface area contributed by atoms with Crippen LogP contribution in [-0.2, 0) is 14.3 Å². The van der Waals surface area contributed by atoms with E-state index in [1.54, 1.807) is 0 Å². The van der Waals surface area contributed by atoms with Crippen LogP contribution in [0.2, 0.25) is 0 Å². The lowest BCUT2D eigenvalue weighted by molar-refractivity contribution is -0.151. The second-order valence-electron chi connectivity index (χ2n) is 10.8. The first kappa shape index (κ1) is 35.4. The first-order valence-electron chi connectivity index (χ1n) is 15.8. The van der Waals surface area contributed by atoms with Gasteiger partial charge in [-0.05, 0) is 32.1 Å². The molecule has 216 valence electrons. The molecule has 4 heteroatoms. The number of unbranched alkanes of at least 4 members (excludes halogenated alkanes) is 20. The van der Waals surface area contributed by atoms with E-state index in [9.17, 15) is 14.7 Å². The first-order valence-corrected chi connectivity index (χ1v) is 15.8. The van der Waals surface area contributed by atoms with Crippen LogP contribution >= 0.6 is 0 Å². The fourth-order valence-electron chi connectivity index (χ4n) is 4.78. The van der Waals surface area contributed by atoms with Gasteiger partial charge in [-0.2, -0.15) is 0 Å². The summed E-state index contributed by atoms with van der Waals surface area (Å²) < 4.78 is 4.89. The van der Waals surface area contributed by atoms with Gasteiger partial charge in [0.2, 0.25) is 0 Å². The maximum absolute atomic E-state index is 11.6. The van der Waals surface area contributed by atoms with Crippen LogP contribution in [0.15, 0.2) is 24.8 Å². The molecule has 1 atom stereocenters. The molecule has 0 rings (SSSR count). The molecule has 0 fully saturated rings. The molecule has 0 aliphatic carbocycles. The Kier molecular flexibility index (Phi) is 27.7. The van der Waals surface area contributed by atoms with Crippen LogP contribution < -0.4 is 0 Å². The first-order chi connectivity index (χ1) is 18.1. The fourth-order valence-corrected chi connectivity index (χ4v) is 4.78. The van der Waals surface area contributed by atoms with Gasteiger partial charge in [-0.25, -0.2) is 0 Å². The number of ether oxygens (including phenoxy) is 1. The molecule has 1 N–H and O–H groups in total. The van der Waals surface area contributed by atoms with Crippen LogP contribution in [0.25, 0.3) is 0 Å². The van der Waals surface area contributed by atoms with Crippen molar-refractivity contribution in [2.75, 3.05) is 6.61 Å². The number of aliphatic carboxylic acids is 1.